The van der Waals surface area contributed by atoms with Gasteiger partial charge in [0.2, 0.25) is 0 Å². The second-order valence-electron chi connectivity index (χ2n) is 6.21. The molecule has 0 aliphatic carbocycles. The molecular weight excluding hydrogens is 310 g/mol. The van der Waals surface area contributed by atoms with Crippen LogP contribution in [0, 0.1) is 0 Å². The second-order valence-corrected chi connectivity index (χ2v) is 10.8. The Morgan fingerprint density at radius 1 is 1.33 bits per heavy atom. The number of pyridine rings is 1. The molecule has 0 aliphatic heterocycles. The Morgan fingerprint density at radius 3 is 2.48 bits per heavy atom. The summed E-state index contributed by atoms with van der Waals surface area (Å²) in [6, 6.07) is 4.92. The Balaban J connectivity index is 2.93. The average Bonchev–Trinajstić information content (AvgIpc) is 2.35. The maximum atomic E-state index is 13.4. The molecule has 1 aromatic carbocycles. The van der Waals surface area contributed by atoms with Gasteiger partial charge in [0.05, 0.1) is 27.3 Å². The van der Waals surface area contributed by atoms with Gasteiger partial charge in [0.25, 0.3) is 0 Å². The van der Waals surface area contributed by atoms with Crippen LogP contribution >= 0.6 is 11.6 Å². The normalized spacial score (nSPS) is 14.7. The van der Waals surface area contributed by atoms with Gasteiger partial charge < -0.3 is 4.74 Å². The molecule has 4 nitrogen and oxygen atoms in total. The molecule has 0 saturated heterocycles. The Kier molecular flexibility index (Phi) is 3.60. The van der Waals surface area contributed by atoms with Crippen molar-refractivity contribution in [2.45, 2.75) is 30.4 Å². The van der Waals surface area contributed by atoms with Crippen LogP contribution in [0.3, 0.4) is 0 Å². The number of fused-ring (bicyclic) bond motifs is 1. The summed E-state index contributed by atoms with van der Waals surface area (Å²) in [4.78, 5) is 4.48. The summed E-state index contributed by atoms with van der Waals surface area (Å²) in [5.41, 5.74) is 0.625. The fourth-order valence-corrected chi connectivity index (χ4v) is 3.86. The number of rotatable bonds is 2. The van der Waals surface area contributed by atoms with Crippen molar-refractivity contribution >= 4 is 31.9 Å². The van der Waals surface area contributed by atoms with E-state index in [1.54, 1.807) is 45.2 Å². The van der Waals surface area contributed by atoms with Gasteiger partial charge in [-0.3, -0.25) is 9.54 Å². The Bertz CT molecular complexity index is 774. The predicted molar refractivity (Wildman–Crippen MR) is 88.0 cm³/mol. The van der Waals surface area contributed by atoms with Crippen LogP contribution in [0.4, 0.5) is 0 Å². The van der Waals surface area contributed by atoms with Crippen LogP contribution in [-0.4, -0.2) is 31.9 Å². The third-order valence-corrected chi connectivity index (χ3v) is 8.50. The quantitative estimate of drug-likeness (QED) is 0.905. The maximum Gasteiger partial charge on any atom is 0.143 e. The van der Waals surface area contributed by atoms with Crippen LogP contribution in [-0.2, 0) is 9.35 Å². The van der Waals surface area contributed by atoms with Gasteiger partial charge in [0.15, 0.2) is 0 Å². The number of methoxy groups -OCH3 is 1. The molecule has 1 heterocycles. The molecule has 2 rings (SSSR count). The van der Waals surface area contributed by atoms with Gasteiger partial charge in [-0.15, -0.1) is 0 Å². The number of hydrogen-bond donors (Lipinski definition) is 1. The van der Waals surface area contributed by atoms with Crippen molar-refractivity contribution < 1.29 is 13.5 Å². The monoisotopic (exact) mass is 329 g/mol. The molecule has 21 heavy (non-hydrogen) atoms. The standard InChI is InChI=1S/C15H20ClNO3S/c1-15(2,3)21(5,18,19)14-8-10-11(16)6-7-17-12(10)9-13(14)20-4/h6-9H,1-5H3,(H,18,19). The Labute approximate surface area is 129 Å². The van der Waals surface area contributed by atoms with Gasteiger partial charge in [0.1, 0.15) is 5.75 Å². The highest BCUT2D eigenvalue weighted by Gasteiger charge is 2.41. The molecule has 0 radical (unpaired) electrons. The average molecular weight is 330 g/mol. The second kappa shape index (κ2) is 4.66. The van der Waals surface area contributed by atoms with Crippen molar-refractivity contribution in [2.24, 2.45) is 0 Å². The lowest BCUT2D eigenvalue weighted by molar-refractivity contribution is 0.396. The van der Waals surface area contributed by atoms with E-state index in [2.05, 4.69) is 4.98 Å². The fourth-order valence-electron chi connectivity index (χ4n) is 1.99. The summed E-state index contributed by atoms with van der Waals surface area (Å²) in [5.74, 6) is 0.342. The van der Waals surface area contributed by atoms with Gasteiger partial charge in [-0.05, 0) is 32.9 Å². The van der Waals surface area contributed by atoms with Gasteiger partial charge >= 0.3 is 0 Å². The van der Waals surface area contributed by atoms with Crippen LogP contribution in [0.25, 0.3) is 10.9 Å². The summed E-state index contributed by atoms with van der Waals surface area (Å²) >= 11 is 6.18. The molecule has 0 atom stereocenters. The highest BCUT2D eigenvalue weighted by Crippen LogP contribution is 2.47. The molecule has 6 heteroatoms. The minimum Gasteiger partial charge on any atom is -0.495 e. The van der Waals surface area contributed by atoms with E-state index >= 15 is 0 Å². The first-order valence-corrected chi connectivity index (χ1v) is 9.19. The van der Waals surface area contributed by atoms with Crippen LogP contribution in [0.15, 0.2) is 29.3 Å². The van der Waals surface area contributed by atoms with Crippen molar-refractivity contribution in [3.8, 4) is 5.75 Å². The summed E-state index contributed by atoms with van der Waals surface area (Å²) < 4.78 is 28.8. The van der Waals surface area contributed by atoms with E-state index < -0.39 is 14.1 Å². The Morgan fingerprint density at radius 2 is 1.95 bits per heavy atom. The summed E-state index contributed by atoms with van der Waals surface area (Å²) in [7, 11) is -2.68. The fraction of sp³-hybridized carbons (Fsp3) is 0.400. The zero-order chi connectivity index (χ0) is 16.1. The topological polar surface area (TPSA) is 59.4 Å². The minimum absolute atomic E-state index is 0.254. The third kappa shape index (κ3) is 2.43. The molecule has 2 aromatic rings. The molecular formula is C15H20ClNO3S. The highest BCUT2D eigenvalue weighted by atomic mass is 35.5. The number of ether oxygens (including phenoxy) is 1. The van der Waals surface area contributed by atoms with Crippen LogP contribution in [0.1, 0.15) is 20.8 Å². The number of nitrogens with zero attached hydrogens (tertiary/aromatic N) is 1. The van der Waals surface area contributed by atoms with E-state index in [1.807, 2.05) is 0 Å². The molecule has 0 fully saturated rings. The molecule has 0 aliphatic rings. The smallest absolute Gasteiger partial charge is 0.143 e. The van der Waals surface area contributed by atoms with Gasteiger partial charge in [0, 0.05) is 23.9 Å². The molecule has 116 valence electrons. The van der Waals surface area contributed by atoms with Gasteiger partial charge in [-0.1, -0.05) is 11.6 Å². The maximum absolute atomic E-state index is 13.4. The molecule has 0 spiro atoms. The van der Waals surface area contributed by atoms with E-state index in [9.17, 15) is 8.76 Å². The molecule has 1 aromatic heterocycles. The van der Waals surface area contributed by atoms with Crippen molar-refractivity contribution in [3.63, 3.8) is 0 Å². The van der Waals surface area contributed by atoms with Crippen molar-refractivity contribution in [1.82, 2.24) is 4.98 Å². The molecule has 0 unspecified atom stereocenters. The zero-order valence-electron chi connectivity index (χ0n) is 12.8. The lowest BCUT2D eigenvalue weighted by atomic mass is 10.2. The number of benzene rings is 1. The first kappa shape index (κ1) is 16.2. The van der Waals surface area contributed by atoms with Crippen molar-refractivity contribution in [1.29, 1.82) is 0 Å². The summed E-state index contributed by atoms with van der Waals surface area (Å²) in [6.45, 7) is 5.20. The van der Waals surface area contributed by atoms with Crippen molar-refractivity contribution in [2.75, 3.05) is 13.4 Å². The van der Waals surface area contributed by atoms with Crippen LogP contribution in [0.2, 0.25) is 5.02 Å². The largest absolute Gasteiger partial charge is 0.495 e. The zero-order valence-corrected chi connectivity index (χ0v) is 14.4. The highest BCUT2D eigenvalue weighted by molar-refractivity contribution is 8.15. The lowest BCUT2D eigenvalue weighted by Gasteiger charge is -2.50. The number of aromatic nitrogens is 1. The van der Waals surface area contributed by atoms with E-state index in [-0.39, 0.29) is 4.90 Å². The van der Waals surface area contributed by atoms with E-state index in [1.165, 1.54) is 13.4 Å². The van der Waals surface area contributed by atoms with Crippen LogP contribution < -0.4 is 4.74 Å². The molecule has 1 N–H and O–H groups in total. The first-order valence-electron chi connectivity index (χ1n) is 6.48. The Hall–Kier alpha value is -1.17. The van der Waals surface area contributed by atoms with Crippen molar-refractivity contribution in [3.05, 3.63) is 29.4 Å². The van der Waals surface area contributed by atoms with E-state index in [0.717, 1.165) is 0 Å². The molecule has 0 bridgehead atoms. The van der Waals surface area contributed by atoms with Crippen LogP contribution in [0.5, 0.6) is 5.75 Å². The number of hydrogen-bond acceptors (Lipinski definition) is 3. The lowest BCUT2D eigenvalue weighted by Crippen LogP contribution is -2.49. The summed E-state index contributed by atoms with van der Waals surface area (Å²) in [5, 5.41) is 1.12. The van der Waals surface area contributed by atoms with Gasteiger partial charge in [-0.25, -0.2) is 4.21 Å². The van der Waals surface area contributed by atoms with E-state index in [4.69, 9.17) is 16.3 Å². The third-order valence-electron chi connectivity index (χ3n) is 3.93. The van der Waals surface area contributed by atoms with E-state index in [0.29, 0.717) is 21.7 Å². The number of halogens is 1. The summed E-state index contributed by atoms with van der Waals surface area (Å²) in [6.07, 6.45) is 2.96. The van der Waals surface area contributed by atoms with Gasteiger partial charge in [-0.2, -0.15) is 9.35 Å². The molecule has 0 amide bonds. The first-order chi connectivity index (χ1) is 9.47. The predicted octanol–water partition coefficient (Wildman–Crippen LogP) is 3.98. The SMILES string of the molecule is COc1cc2nccc(Cl)c2cc1S(C)(=O)(O)C(C)(C)C. The minimum atomic E-state index is -4.15. The molecule has 0 saturated carbocycles.